The van der Waals surface area contributed by atoms with Crippen LogP contribution in [-0.4, -0.2) is 36.5 Å². The largest absolute Gasteiger partial charge is 0.383 e. The van der Waals surface area contributed by atoms with E-state index in [1.54, 1.807) is 0 Å². The fourth-order valence-electron chi connectivity index (χ4n) is 4.43. The molecule has 0 spiro atoms. The number of fused-ring (bicyclic) bond motifs is 2. The lowest BCUT2D eigenvalue weighted by molar-refractivity contribution is 0.402. The summed E-state index contributed by atoms with van der Waals surface area (Å²) in [5, 5.41) is 5.70. The maximum atomic E-state index is 6.19. The van der Waals surface area contributed by atoms with Crippen molar-refractivity contribution < 1.29 is 0 Å². The Balaban J connectivity index is 1.55. The molecular weight excluding hydrogens is 408 g/mol. The minimum atomic E-state index is 0.487. The van der Waals surface area contributed by atoms with Crippen LogP contribution in [0.25, 0.3) is 10.8 Å². The topological polar surface area (TPSA) is 69.8 Å². The zero-order valence-corrected chi connectivity index (χ0v) is 19.2. The molecule has 0 saturated heterocycles. The number of hydrogen-bond donors (Lipinski definition) is 2. The van der Waals surface area contributed by atoms with E-state index in [0.717, 1.165) is 45.8 Å². The van der Waals surface area contributed by atoms with Crippen LogP contribution in [0, 0.1) is 6.92 Å². The highest BCUT2D eigenvalue weighted by atomic mass is 15.2. The number of anilines is 4. The lowest BCUT2D eigenvalue weighted by atomic mass is 10.0. The molecule has 0 atom stereocenters. The van der Waals surface area contributed by atoms with Crippen LogP contribution in [-0.2, 0) is 6.54 Å². The molecule has 1 aliphatic rings. The molecule has 0 saturated carbocycles. The lowest BCUT2D eigenvalue weighted by Gasteiger charge is -2.31. The van der Waals surface area contributed by atoms with Crippen molar-refractivity contribution in [3.8, 4) is 0 Å². The van der Waals surface area contributed by atoms with Crippen molar-refractivity contribution >= 4 is 39.5 Å². The number of nitrogens with one attached hydrogen (secondary N) is 1. The number of pyridine rings is 1. The van der Waals surface area contributed by atoms with Gasteiger partial charge in [-0.3, -0.25) is 0 Å². The molecule has 2 heterocycles. The van der Waals surface area contributed by atoms with Crippen LogP contribution < -0.4 is 16.0 Å². The second-order valence-corrected chi connectivity index (χ2v) is 8.68. The second-order valence-electron chi connectivity index (χ2n) is 8.68. The fourth-order valence-corrected chi connectivity index (χ4v) is 4.43. The number of nitrogens with zero attached hydrogens (tertiary/aromatic N) is 4. The van der Waals surface area contributed by atoms with Crippen LogP contribution in [0.3, 0.4) is 0 Å². The van der Waals surface area contributed by atoms with Gasteiger partial charge in [0.1, 0.15) is 18.3 Å². The predicted octanol–water partition coefficient (Wildman–Crippen LogP) is 5.16. The van der Waals surface area contributed by atoms with Crippen LogP contribution in [0.2, 0.25) is 0 Å². The van der Waals surface area contributed by atoms with Crippen molar-refractivity contribution in [2.45, 2.75) is 13.5 Å². The number of aromatic nitrogens is 1. The van der Waals surface area contributed by atoms with E-state index in [0.29, 0.717) is 12.5 Å². The lowest BCUT2D eigenvalue weighted by Crippen LogP contribution is -2.29. The minimum Gasteiger partial charge on any atom is -0.383 e. The average molecular weight is 437 g/mol. The van der Waals surface area contributed by atoms with Crippen LogP contribution in [0.4, 0.5) is 22.9 Å². The van der Waals surface area contributed by atoms with E-state index in [4.69, 9.17) is 5.73 Å². The molecule has 0 aliphatic carbocycles. The van der Waals surface area contributed by atoms with E-state index in [9.17, 15) is 0 Å². The maximum absolute atomic E-state index is 6.19. The molecule has 6 nitrogen and oxygen atoms in total. The van der Waals surface area contributed by atoms with Crippen molar-refractivity contribution in [1.82, 2.24) is 9.88 Å². The van der Waals surface area contributed by atoms with Crippen molar-refractivity contribution in [3.63, 3.8) is 0 Å². The van der Waals surface area contributed by atoms with Crippen LogP contribution in [0.1, 0.15) is 16.7 Å². The van der Waals surface area contributed by atoms with E-state index in [2.05, 4.69) is 94.6 Å². The Labute approximate surface area is 194 Å². The Kier molecular flexibility index (Phi) is 5.44. The summed E-state index contributed by atoms with van der Waals surface area (Å²) >= 11 is 0. The first-order valence-corrected chi connectivity index (χ1v) is 11.1. The van der Waals surface area contributed by atoms with E-state index in [1.807, 2.05) is 24.4 Å². The summed E-state index contributed by atoms with van der Waals surface area (Å²) in [5.41, 5.74) is 12.8. The Morgan fingerprint density at radius 3 is 2.55 bits per heavy atom. The average Bonchev–Trinajstić information content (AvgIpc) is 2.81. The molecular formula is C27H28N6. The summed E-state index contributed by atoms with van der Waals surface area (Å²) in [6, 6.07) is 23.0. The zero-order chi connectivity index (χ0) is 22.9. The number of amidine groups is 1. The van der Waals surface area contributed by atoms with Gasteiger partial charge in [0.05, 0.1) is 11.4 Å². The molecule has 166 valence electrons. The van der Waals surface area contributed by atoms with Crippen molar-refractivity contribution in [2.75, 3.05) is 31.0 Å². The highest BCUT2D eigenvalue weighted by Crippen LogP contribution is 2.39. The standard InChI is InChI=1S/C27H28N6/c1-18-8-13-22-21(25(18)33-17-30-26(28)23-6-4-5-7-24(23)33)14-15-29-27(22)31-20-11-9-19(10-12-20)16-32(2)3/h4-15H,16-17H2,1-3H3,(H2,28,30)(H,29,31). The molecule has 6 heteroatoms. The SMILES string of the molecule is Cc1ccc2c(Nc3ccc(CN(C)C)cc3)nccc2c1N1CN=C(N)c2ccccc21. The second kappa shape index (κ2) is 8.56. The Morgan fingerprint density at radius 1 is 0.970 bits per heavy atom. The number of aryl methyl sites for hydroxylation is 1. The van der Waals surface area contributed by atoms with E-state index in [-0.39, 0.29) is 0 Å². The van der Waals surface area contributed by atoms with Gasteiger partial charge in [0.25, 0.3) is 0 Å². The number of rotatable bonds is 5. The smallest absolute Gasteiger partial charge is 0.138 e. The van der Waals surface area contributed by atoms with Gasteiger partial charge in [-0.05, 0) is 62.5 Å². The van der Waals surface area contributed by atoms with E-state index in [1.165, 1.54) is 11.1 Å². The Hall–Kier alpha value is -3.90. The van der Waals surface area contributed by atoms with Gasteiger partial charge >= 0.3 is 0 Å². The third-order valence-electron chi connectivity index (χ3n) is 5.96. The summed E-state index contributed by atoms with van der Waals surface area (Å²) < 4.78 is 0. The quantitative estimate of drug-likeness (QED) is 0.452. The Bertz CT molecular complexity index is 1340. The summed E-state index contributed by atoms with van der Waals surface area (Å²) in [4.78, 5) is 13.6. The first kappa shape index (κ1) is 21.0. The number of para-hydroxylation sites is 1. The number of benzene rings is 3. The molecule has 1 aliphatic heterocycles. The van der Waals surface area contributed by atoms with Crippen molar-refractivity contribution in [3.05, 3.63) is 89.6 Å². The molecule has 1 aromatic heterocycles. The third-order valence-corrected chi connectivity index (χ3v) is 5.96. The van der Waals surface area contributed by atoms with Gasteiger partial charge in [0, 0.05) is 34.8 Å². The molecule has 3 aromatic carbocycles. The van der Waals surface area contributed by atoms with E-state index >= 15 is 0 Å². The summed E-state index contributed by atoms with van der Waals surface area (Å²) in [6.07, 6.45) is 1.86. The number of aliphatic imine (C=N–C) groups is 1. The molecule has 0 fully saturated rings. The van der Waals surface area contributed by atoms with Crippen LogP contribution >= 0.6 is 0 Å². The molecule has 0 amide bonds. The van der Waals surface area contributed by atoms with Gasteiger partial charge in [-0.1, -0.05) is 36.4 Å². The van der Waals surface area contributed by atoms with Crippen LogP contribution in [0.5, 0.6) is 0 Å². The number of hydrogen-bond acceptors (Lipinski definition) is 6. The molecule has 33 heavy (non-hydrogen) atoms. The molecule has 5 rings (SSSR count). The van der Waals surface area contributed by atoms with Gasteiger partial charge in [-0.15, -0.1) is 0 Å². The monoisotopic (exact) mass is 436 g/mol. The van der Waals surface area contributed by atoms with Crippen LogP contribution in [0.15, 0.2) is 77.9 Å². The van der Waals surface area contributed by atoms with Gasteiger partial charge in [-0.2, -0.15) is 0 Å². The summed E-state index contributed by atoms with van der Waals surface area (Å²) in [6.45, 7) is 3.54. The van der Waals surface area contributed by atoms with Crippen molar-refractivity contribution in [2.24, 2.45) is 10.7 Å². The maximum Gasteiger partial charge on any atom is 0.138 e. The minimum absolute atomic E-state index is 0.487. The van der Waals surface area contributed by atoms with Gasteiger partial charge in [-0.25, -0.2) is 9.98 Å². The molecule has 0 radical (unpaired) electrons. The van der Waals surface area contributed by atoms with E-state index < -0.39 is 0 Å². The molecule has 3 N–H and O–H groups in total. The Morgan fingerprint density at radius 2 is 1.76 bits per heavy atom. The van der Waals surface area contributed by atoms with Gasteiger partial charge < -0.3 is 20.9 Å². The zero-order valence-electron chi connectivity index (χ0n) is 19.2. The normalized spacial score (nSPS) is 13.2. The van der Waals surface area contributed by atoms with Crippen molar-refractivity contribution in [1.29, 1.82) is 0 Å². The first-order valence-electron chi connectivity index (χ1n) is 11.1. The van der Waals surface area contributed by atoms with Gasteiger partial charge in [0.15, 0.2) is 0 Å². The summed E-state index contributed by atoms with van der Waals surface area (Å²) in [7, 11) is 4.15. The molecule has 0 unspecified atom stereocenters. The predicted molar refractivity (Wildman–Crippen MR) is 138 cm³/mol. The van der Waals surface area contributed by atoms with Gasteiger partial charge in [0.2, 0.25) is 0 Å². The highest BCUT2D eigenvalue weighted by Gasteiger charge is 2.23. The molecule has 0 bridgehead atoms. The highest BCUT2D eigenvalue weighted by molar-refractivity contribution is 6.08. The summed E-state index contributed by atoms with van der Waals surface area (Å²) in [5.74, 6) is 1.42. The molecule has 4 aromatic rings. The first-order chi connectivity index (χ1) is 16.0. The third kappa shape index (κ3) is 4.01. The number of nitrogens with two attached hydrogens (primary N) is 1. The fraction of sp³-hybridized carbons (Fsp3) is 0.185.